The molecule has 0 spiro atoms. The van der Waals surface area contributed by atoms with Crippen molar-refractivity contribution in [3.05, 3.63) is 88.3 Å². The maximum Gasteiger partial charge on any atom is 0.273 e. The van der Waals surface area contributed by atoms with Gasteiger partial charge in [-0.05, 0) is 17.5 Å². The van der Waals surface area contributed by atoms with Crippen LogP contribution in [-0.4, -0.2) is 16.0 Å². The topological polar surface area (TPSA) is 88.0 Å². The lowest BCUT2D eigenvalue weighted by Crippen LogP contribution is -2.26. The first-order valence-corrected chi connectivity index (χ1v) is 8.12. The van der Waals surface area contributed by atoms with Crippen LogP contribution < -0.4 is 10.9 Å². The summed E-state index contributed by atoms with van der Waals surface area (Å²) in [5.41, 5.74) is 2.01. The molecular weight excluding hydrogens is 330 g/mol. The Morgan fingerprint density at radius 3 is 2.65 bits per heavy atom. The van der Waals surface area contributed by atoms with Gasteiger partial charge in [0.1, 0.15) is 0 Å². The van der Waals surface area contributed by atoms with Gasteiger partial charge >= 0.3 is 0 Å². The van der Waals surface area contributed by atoms with Crippen molar-refractivity contribution in [1.82, 2.24) is 15.5 Å². The van der Waals surface area contributed by atoms with Gasteiger partial charge in [0.2, 0.25) is 0 Å². The number of nitrogens with zero attached hydrogens (tertiary/aromatic N) is 1. The Morgan fingerprint density at radius 1 is 1.04 bits per heavy atom. The normalized spacial score (nSPS) is 10.8. The summed E-state index contributed by atoms with van der Waals surface area (Å²) in [5, 5.41) is 7.41. The zero-order valence-electron chi connectivity index (χ0n) is 13.7. The van der Waals surface area contributed by atoms with Crippen LogP contribution in [0, 0.1) is 0 Å². The Hall–Kier alpha value is -3.67. The Labute approximate surface area is 148 Å². The highest BCUT2D eigenvalue weighted by molar-refractivity contribution is 5.93. The van der Waals surface area contributed by atoms with Crippen LogP contribution in [0.5, 0.6) is 0 Å². The second kappa shape index (κ2) is 6.68. The number of hydrogen-bond donors (Lipinski definition) is 2. The van der Waals surface area contributed by atoms with Gasteiger partial charge in [-0.15, -0.1) is 0 Å². The third-order valence-electron chi connectivity index (χ3n) is 4.07. The summed E-state index contributed by atoms with van der Waals surface area (Å²) in [4.78, 5) is 27.2. The number of rotatable bonds is 4. The molecule has 6 nitrogen and oxygen atoms in total. The zero-order chi connectivity index (χ0) is 17.9. The first-order valence-electron chi connectivity index (χ1n) is 8.12. The number of pyridine rings is 1. The predicted octanol–water partition coefficient (Wildman–Crippen LogP) is 3.11. The minimum atomic E-state index is -0.400. The Balaban J connectivity index is 1.50. The van der Waals surface area contributed by atoms with Crippen molar-refractivity contribution in [2.45, 2.75) is 6.54 Å². The third-order valence-corrected chi connectivity index (χ3v) is 4.07. The number of benzene rings is 2. The van der Waals surface area contributed by atoms with Crippen LogP contribution in [0.3, 0.4) is 0 Å². The molecule has 0 unspecified atom stereocenters. The minimum absolute atomic E-state index is 0.104. The molecular formula is C20H15N3O3. The molecule has 128 valence electrons. The molecule has 0 aliphatic carbocycles. The van der Waals surface area contributed by atoms with E-state index in [0.29, 0.717) is 11.3 Å². The summed E-state index contributed by atoms with van der Waals surface area (Å²) in [7, 11) is 0. The molecule has 0 atom stereocenters. The maximum atomic E-state index is 12.3. The van der Waals surface area contributed by atoms with Crippen molar-refractivity contribution < 1.29 is 9.32 Å². The lowest BCUT2D eigenvalue weighted by molar-refractivity contribution is 0.0942. The van der Waals surface area contributed by atoms with Crippen LogP contribution in [0.1, 0.15) is 16.1 Å². The zero-order valence-corrected chi connectivity index (χ0v) is 13.7. The highest BCUT2D eigenvalue weighted by Gasteiger charge is 2.14. The summed E-state index contributed by atoms with van der Waals surface area (Å²) >= 11 is 0. The van der Waals surface area contributed by atoms with E-state index in [1.807, 2.05) is 54.6 Å². The molecule has 2 N–H and O–H groups in total. The first-order chi connectivity index (χ1) is 12.7. The monoisotopic (exact) mass is 345 g/mol. The molecule has 4 aromatic rings. The van der Waals surface area contributed by atoms with Crippen LogP contribution in [0.2, 0.25) is 0 Å². The predicted molar refractivity (Wildman–Crippen MR) is 97.7 cm³/mol. The van der Waals surface area contributed by atoms with Gasteiger partial charge in [-0.2, -0.15) is 0 Å². The molecule has 0 bridgehead atoms. The molecule has 2 heterocycles. The summed E-state index contributed by atoms with van der Waals surface area (Å²) in [6, 6.07) is 20.2. The number of H-pyrrole nitrogens is 1. The van der Waals surface area contributed by atoms with Gasteiger partial charge in [-0.1, -0.05) is 53.7 Å². The van der Waals surface area contributed by atoms with Crippen LogP contribution >= 0.6 is 0 Å². The van der Waals surface area contributed by atoms with Gasteiger partial charge in [0, 0.05) is 29.3 Å². The third kappa shape index (κ3) is 3.12. The van der Waals surface area contributed by atoms with Crippen molar-refractivity contribution in [1.29, 1.82) is 0 Å². The van der Waals surface area contributed by atoms with E-state index in [2.05, 4.69) is 15.5 Å². The van der Waals surface area contributed by atoms with Crippen molar-refractivity contribution in [3.8, 4) is 11.3 Å². The number of para-hydroxylation sites is 1. The minimum Gasteiger partial charge on any atom is -0.355 e. The fourth-order valence-electron chi connectivity index (χ4n) is 2.71. The van der Waals surface area contributed by atoms with Crippen molar-refractivity contribution in [2.24, 2.45) is 0 Å². The van der Waals surface area contributed by atoms with E-state index in [4.69, 9.17) is 4.52 Å². The van der Waals surface area contributed by atoms with Crippen LogP contribution in [0.4, 0.5) is 0 Å². The second-order valence-corrected chi connectivity index (χ2v) is 5.84. The number of nitrogens with one attached hydrogen (secondary N) is 2. The Kier molecular flexibility index (Phi) is 4.07. The van der Waals surface area contributed by atoms with Gasteiger partial charge in [-0.25, -0.2) is 0 Å². The lowest BCUT2D eigenvalue weighted by atomic mass is 10.1. The Bertz CT molecular complexity index is 1130. The van der Waals surface area contributed by atoms with E-state index < -0.39 is 5.91 Å². The molecule has 6 heteroatoms. The van der Waals surface area contributed by atoms with Crippen LogP contribution in [0.15, 0.2) is 76.0 Å². The highest BCUT2D eigenvalue weighted by Crippen LogP contribution is 2.19. The number of carbonyl (C=O) groups excluding carboxylic acids is 1. The number of fused-ring (bicyclic) bond motifs is 1. The standard InChI is InChI=1S/C20H15N3O3/c24-19-15(10-14-8-4-5-9-16(14)22-19)12-21-20(25)17-11-18(26-23-17)13-6-2-1-3-7-13/h1-11H,12H2,(H,21,25)(H,22,24). The first kappa shape index (κ1) is 15.8. The van der Waals surface area contributed by atoms with Gasteiger partial charge in [0.05, 0.1) is 0 Å². The van der Waals surface area contributed by atoms with E-state index in [1.54, 1.807) is 12.1 Å². The van der Waals surface area contributed by atoms with E-state index in [-0.39, 0.29) is 17.8 Å². The quantitative estimate of drug-likeness (QED) is 0.595. The lowest BCUT2D eigenvalue weighted by Gasteiger charge is -2.04. The fraction of sp³-hybridized carbons (Fsp3) is 0.0500. The van der Waals surface area contributed by atoms with E-state index in [0.717, 1.165) is 16.5 Å². The van der Waals surface area contributed by atoms with Crippen molar-refractivity contribution in [2.75, 3.05) is 0 Å². The summed E-state index contributed by atoms with van der Waals surface area (Å²) in [6.07, 6.45) is 0. The number of amides is 1. The maximum absolute atomic E-state index is 12.3. The van der Waals surface area contributed by atoms with Crippen molar-refractivity contribution in [3.63, 3.8) is 0 Å². The van der Waals surface area contributed by atoms with E-state index in [1.165, 1.54) is 0 Å². The molecule has 0 aliphatic rings. The van der Waals surface area contributed by atoms with Crippen LogP contribution in [0.25, 0.3) is 22.2 Å². The van der Waals surface area contributed by atoms with Gasteiger partial charge in [-0.3, -0.25) is 9.59 Å². The molecule has 0 aliphatic heterocycles. The molecule has 1 amide bonds. The average Bonchev–Trinajstić information content (AvgIpc) is 3.17. The fourth-order valence-corrected chi connectivity index (χ4v) is 2.71. The summed E-state index contributed by atoms with van der Waals surface area (Å²) in [5.74, 6) is 0.114. The molecule has 26 heavy (non-hydrogen) atoms. The van der Waals surface area contributed by atoms with E-state index >= 15 is 0 Å². The van der Waals surface area contributed by atoms with Crippen LogP contribution in [-0.2, 0) is 6.54 Å². The molecule has 0 fully saturated rings. The number of hydrogen-bond acceptors (Lipinski definition) is 4. The average molecular weight is 345 g/mol. The van der Waals surface area contributed by atoms with Gasteiger partial charge < -0.3 is 14.8 Å². The number of carbonyl (C=O) groups is 1. The van der Waals surface area contributed by atoms with Crippen molar-refractivity contribution >= 4 is 16.8 Å². The summed E-state index contributed by atoms with van der Waals surface area (Å²) in [6.45, 7) is 0.104. The molecule has 0 saturated carbocycles. The number of aromatic nitrogens is 2. The summed E-state index contributed by atoms with van der Waals surface area (Å²) < 4.78 is 5.23. The molecule has 0 saturated heterocycles. The largest absolute Gasteiger partial charge is 0.355 e. The van der Waals surface area contributed by atoms with Gasteiger partial charge in [0.15, 0.2) is 11.5 Å². The molecule has 2 aromatic carbocycles. The number of aromatic amines is 1. The van der Waals surface area contributed by atoms with E-state index in [9.17, 15) is 9.59 Å². The smallest absolute Gasteiger partial charge is 0.273 e. The molecule has 2 aromatic heterocycles. The SMILES string of the molecule is O=C(NCc1cc2ccccc2[nH]c1=O)c1cc(-c2ccccc2)on1. The molecule has 4 rings (SSSR count). The highest BCUT2D eigenvalue weighted by atomic mass is 16.5. The Morgan fingerprint density at radius 2 is 1.81 bits per heavy atom. The van der Waals surface area contributed by atoms with Gasteiger partial charge in [0.25, 0.3) is 11.5 Å². The molecule has 0 radical (unpaired) electrons. The second-order valence-electron chi connectivity index (χ2n) is 5.84.